The van der Waals surface area contributed by atoms with Gasteiger partial charge in [0.2, 0.25) is 5.43 Å². The van der Waals surface area contributed by atoms with Crippen LogP contribution in [0.25, 0.3) is 0 Å². The maximum absolute atomic E-state index is 11.7. The van der Waals surface area contributed by atoms with Crippen molar-refractivity contribution in [2.75, 3.05) is 19.7 Å². The van der Waals surface area contributed by atoms with Crippen molar-refractivity contribution in [1.29, 1.82) is 0 Å². The monoisotopic (exact) mass is 326 g/mol. The topological polar surface area (TPSA) is 112 Å². The fourth-order valence-corrected chi connectivity index (χ4v) is 2.92. The highest BCUT2D eigenvalue weighted by Crippen LogP contribution is 2.18. The van der Waals surface area contributed by atoms with E-state index >= 15 is 0 Å². The number of aliphatic hydroxyl groups excluding tert-OH is 1. The Morgan fingerprint density at radius 1 is 1.39 bits per heavy atom. The van der Waals surface area contributed by atoms with Crippen LogP contribution in [0.5, 0.6) is 5.75 Å². The second-order valence-electron chi connectivity index (χ2n) is 5.91. The molecule has 8 nitrogen and oxygen atoms in total. The minimum Gasteiger partial charge on any atom is -0.503 e. The molecule has 0 amide bonds. The normalized spacial score (nSPS) is 23.6. The van der Waals surface area contributed by atoms with Crippen molar-refractivity contribution in [3.8, 4) is 5.75 Å². The molecule has 0 saturated carbocycles. The third kappa shape index (κ3) is 4.10. The number of carboxylic acid groups (broad SMARTS) is 1. The van der Waals surface area contributed by atoms with Crippen LogP contribution in [0.2, 0.25) is 0 Å². The molecule has 1 aliphatic heterocycles. The molecular weight excluding hydrogens is 304 g/mol. The SMILES string of the molecule is CC1CN(Cc2cc(=O)c(O)cn2C(CO)C(=O)O)CC(C)O1. The van der Waals surface area contributed by atoms with Crippen LogP contribution in [0.4, 0.5) is 0 Å². The quantitative estimate of drug-likeness (QED) is 0.686. The van der Waals surface area contributed by atoms with Crippen molar-refractivity contribution < 1.29 is 24.9 Å². The van der Waals surface area contributed by atoms with Crippen LogP contribution in [0.15, 0.2) is 17.1 Å². The average molecular weight is 326 g/mol. The molecule has 128 valence electrons. The van der Waals surface area contributed by atoms with Gasteiger partial charge >= 0.3 is 5.97 Å². The largest absolute Gasteiger partial charge is 0.503 e. The maximum atomic E-state index is 11.7. The molecule has 0 aliphatic carbocycles. The zero-order chi connectivity index (χ0) is 17.1. The van der Waals surface area contributed by atoms with Gasteiger partial charge < -0.3 is 24.6 Å². The molecule has 3 atom stereocenters. The molecule has 0 spiro atoms. The van der Waals surface area contributed by atoms with Crippen LogP contribution in [0.3, 0.4) is 0 Å². The Morgan fingerprint density at radius 3 is 2.52 bits per heavy atom. The summed E-state index contributed by atoms with van der Waals surface area (Å²) in [5, 5.41) is 28.2. The number of ether oxygens (including phenoxy) is 1. The van der Waals surface area contributed by atoms with E-state index in [4.69, 9.17) is 4.74 Å². The van der Waals surface area contributed by atoms with Crippen molar-refractivity contribution >= 4 is 5.97 Å². The molecule has 1 saturated heterocycles. The summed E-state index contributed by atoms with van der Waals surface area (Å²) in [6.07, 6.45) is 1.13. The molecule has 23 heavy (non-hydrogen) atoms. The Balaban J connectivity index is 2.34. The zero-order valence-electron chi connectivity index (χ0n) is 13.2. The number of morpholine rings is 1. The third-order valence-corrected chi connectivity index (χ3v) is 3.82. The molecule has 0 radical (unpaired) electrons. The van der Waals surface area contributed by atoms with Crippen molar-refractivity contribution in [2.45, 2.75) is 38.6 Å². The van der Waals surface area contributed by atoms with Gasteiger partial charge in [-0.25, -0.2) is 4.79 Å². The van der Waals surface area contributed by atoms with Crippen molar-refractivity contribution in [2.24, 2.45) is 0 Å². The molecule has 2 heterocycles. The molecule has 2 rings (SSSR count). The molecular formula is C15H22N2O6. The van der Waals surface area contributed by atoms with Gasteiger partial charge in [0, 0.05) is 31.4 Å². The Kier molecular flexibility index (Phi) is 5.40. The molecule has 1 aliphatic rings. The summed E-state index contributed by atoms with van der Waals surface area (Å²) in [5.74, 6) is -1.78. The summed E-state index contributed by atoms with van der Waals surface area (Å²) in [4.78, 5) is 25.1. The van der Waals surface area contributed by atoms with E-state index < -0.39 is 29.8 Å². The fraction of sp³-hybridized carbons (Fsp3) is 0.600. The summed E-state index contributed by atoms with van der Waals surface area (Å²) in [7, 11) is 0. The third-order valence-electron chi connectivity index (χ3n) is 3.82. The highest BCUT2D eigenvalue weighted by atomic mass is 16.5. The number of hydrogen-bond donors (Lipinski definition) is 3. The van der Waals surface area contributed by atoms with E-state index in [9.17, 15) is 24.9 Å². The summed E-state index contributed by atoms with van der Waals surface area (Å²) in [5.41, 5.74) is -0.150. The Hall–Kier alpha value is -1.90. The summed E-state index contributed by atoms with van der Waals surface area (Å²) in [6, 6.07) is -0.0430. The highest BCUT2D eigenvalue weighted by Gasteiger charge is 2.26. The van der Waals surface area contributed by atoms with Gasteiger partial charge in [0.15, 0.2) is 11.8 Å². The number of pyridine rings is 1. The first-order chi connectivity index (χ1) is 10.8. The molecule has 8 heteroatoms. The number of aliphatic hydroxyl groups is 1. The lowest BCUT2D eigenvalue weighted by Gasteiger charge is -2.36. The van der Waals surface area contributed by atoms with E-state index in [0.29, 0.717) is 25.3 Å². The maximum Gasteiger partial charge on any atom is 0.329 e. The van der Waals surface area contributed by atoms with E-state index in [0.717, 1.165) is 6.20 Å². The first-order valence-corrected chi connectivity index (χ1v) is 7.47. The highest BCUT2D eigenvalue weighted by molar-refractivity contribution is 5.72. The lowest BCUT2D eigenvalue weighted by molar-refractivity contribution is -0.142. The van der Waals surface area contributed by atoms with E-state index in [1.165, 1.54) is 10.6 Å². The van der Waals surface area contributed by atoms with Crippen molar-refractivity contribution in [1.82, 2.24) is 9.47 Å². The van der Waals surface area contributed by atoms with Crippen molar-refractivity contribution in [3.05, 3.63) is 28.2 Å². The Bertz CT molecular complexity index is 619. The van der Waals surface area contributed by atoms with Crippen LogP contribution in [0, 0.1) is 0 Å². The minimum absolute atomic E-state index is 0.0316. The number of carboxylic acids is 1. The van der Waals surface area contributed by atoms with Gasteiger partial charge in [-0.1, -0.05) is 0 Å². The first-order valence-electron chi connectivity index (χ1n) is 7.47. The summed E-state index contributed by atoms with van der Waals surface area (Å²) < 4.78 is 6.89. The Morgan fingerprint density at radius 2 is 2.00 bits per heavy atom. The molecule has 1 aromatic rings. The smallest absolute Gasteiger partial charge is 0.329 e. The van der Waals surface area contributed by atoms with Gasteiger partial charge in [0.25, 0.3) is 0 Å². The summed E-state index contributed by atoms with van der Waals surface area (Å²) in [6.45, 7) is 4.88. The molecule has 1 aromatic heterocycles. The molecule has 0 aromatic carbocycles. The predicted molar refractivity (Wildman–Crippen MR) is 81.4 cm³/mol. The molecule has 3 unspecified atom stereocenters. The number of nitrogens with zero attached hydrogens (tertiary/aromatic N) is 2. The molecule has 3 N–H and O–H groups in total. The van der Waals surface area contributed by atoms with E-state index in [1.54, 1.807) is 0 Å². The summed E-state index contributed by atoms with van der Waals surface area (Å²) >= 11 is 0. The van der Waals surface area contributed by atoms with Gasteiger partial charge in [0.05, 0.1) is 25.0 Å². The van der Waals surface area contributed by atoms with E-state index in [2.05, 4.69) is 4.90 Å². The van der Waals surface area contributed by atoms with Crippen LogP contribution >= 0.6 is 0 Å². The zero-order valence-corrected chi connectivity index (χ0v) is 13.2. The van der Waals surface area contributed by atoms with Crippen LogP contribution in [-0.4, -0.2) is 62.7 Å². The number of aromatic hydroxyl groups is 1. The van der Waals surface area contributed by atoms with E-state index in [-0.39, 0.29) is 12.2 Å². The number of aliphatic carboxylic acids is 1. The van der Waals surface area contributed by atoms with Crippen molar-refractivity contribution in [3.63, 3.8) is 0 Å². The number of rotatable bonds is 5. The fourth-order valence-electron chi connectivity index (χ4n) is 2.92. The lowest BCUT2D eigenvalue weighted by atomic mass is 10.2. The second-order valence-corrected chi connectivity index (χ2v) is 5.91. The van der Waals surface area contributed by atoms with Crippen LogP contribution in [-0.2, 0) is 16.1 Å². The first kappa shape index (κ1) is 17.5. The van der Waals surface area contributed by atoms with Crippen LogP contribution < -0.4 is 5.43 Å². The number of hydrogen-bond acceptors (Lipinski definition) is 6. The van der Waals surface area contributed by atoms with Crippen LogP contribution in [0.1, 0.15) is 25.6 Å². The average Bonchev–Trinajstić information content (AvgIpc) is 2.43. The Labute approximate surface area is 133 Å². The van der Waals surface area contributed by atoms with Gasteiger partial charge in [-0.15, -0.1) is 0 Å². The van der Waals surface area contributed by atoms with Gasteiger partial charge in [-0.3, -0.25) is 9.69 Å². The number of aromatic nitrogens is 1. The lowest BCUT2D eigenvalue weighted by Crippen LogP contribution is -2.45. The standard InChI is InChI=1S/C15H22N2O6/c1-9-4-16(5-10(2)23-9)6-11-3-13(19)14(20)7-17(11)12(8-18)15(21)22/h3,7,9-10,12,18,20H,4-6,8H2,1-2H3,(H,21,22). The molecule has 0 bridgehead atoms. The predicted octanol–water partition coefficient (Wildman–Crippen LogP) is -0.219. The van der Waals surface area contributed by atoms with Gasteiger partial charge in [-0.2, -0.15) is 0 Å². The van der Waals surface area contributed by atoms with Gasteiger partial charge in [0.1, 0.15) is 0 Å². The van der Waals surface area contributed by atoms with E-state index in [1.807, 2.05) is 13.8 Å². The minimum atomic E-state index is -1.26. The second kappa shape index (κ2) is 7.12. The molecule has 1 fully saturated rings. The number of carbonyl (C=O) groups is 1. The van der Waals surface area contributed by atoms with Gasteiger partial charge in [-0.05, 0) is 13.8 Å².